The fraction of sp³-hybridized carbons (Fsp3) is 0.300. The predicted molar refractivity (Wildman–Crippen MR) is 61.3 cm³/mol. The van der Waals surface area contributed by atoms with Gasteiger partial charge in [0.1, 0.15) is 0 Å². The summed E-state index contributed by atoms with van der Waals surface area (Å²) >= 11 is 3.23. The van der Waals surface area contributed by atoms with Crippen LogP contribution >= 0.6 is 15.9 Å². The zero-order valence-electron chi connectivity index (χ0n) is 8.20. The summed E-state index contributed by atoms with van der Waals surface area (Å²) in [6.45, 7) is 1.80. The molecule has 0 spiro atoms. The van der Waals surface area contributed by atoms with Gasteiger partial charge in [-0.05, 0) is 25.1 Å². The van der Waals surface area contributed by atoms with E-state index in [1.165, 1.54) is 12.1 Å². The van der Waals surface area contributed by atoms with Crippen LogP contribution in [0.5, 0.6) is 0 Å². The summed E-state index contributed by atoms with van der Waals surface area (Å²) in [5.41, 5.74) is 0.875. The molecule has 1 aromatic rings. The van der Waals surface area contributed by atoms with Gasteiger partial charge in [-0.3, -0.25) is 0 Å². The molecule has 0 aliphatic heterocycles. The molecule has 1 atom stereocenters. The van der Waals surface area contributed by atoms with E-state index >= 15 is 0 Å². The van der Waals surface area contributed by atoms with Crippen LogP contribution in [0.15, 0.2) is 22.7 Å². The molecule has 4 nitrogen and oxygen atoms in total. The number of aliphatic hydroxyl groups excluding tert-OH is 1. The molecule has 1 aromatic carbocycles. The first-order chi connectivity index (χ1) is 7.02. The highest BCUT2D eigenvalue weighted by molar-refractivity contribution is 9.10. The normalized spacial score (nSPS) is 12.2. The van der Waals surface area contributed by atoms with Crippen LogP contribution in [-0.2, 0) is 0 Å². The van der Waals surface area contributed by atoms with Crippen LogP contribution < -0.4 is 5.32 Å². The number of aromatic carboxylic acids is 1. The van der Waals surface area contributed by atoms with Crippen LogP contribution in [0.2, 0.25) is 0 Å². The fourth-order valence-corrected chi connectivity index (χ4v) is 1.62. The Labute approximate surface area is 96.1 Å². The molecule has 1 unspecified atom stereocenters. The van der Waals surface area contributed by atoms with E-state index in [0.717, 1.165) is 0 Å². The van der Waals surface area contributed by atoms with Gasteiger partial charge in [0.25, 0.3) is 0 Å². The minimum atomic E-state index is -0.976. The molecule has 5 heteroatoms. The molecule has 0 saturated heterocycles. The van der Waals surface area contributed by atoms with E-state index < -0.39 is 5.97 Å². The van der Waals surface area contributed by atoms with Crippen molar-refractivity contribution in [3.8, 4) is 0 Å². The van der Waals surface area contributed by atoms with Crippen molar-refractivity contribution in [3.63, 3.8) is 0 Å². The average Bonchev–Trinajstić information content (AvgIpc) is 2.16. The Morgan fingerprint density at radius 2 is 2.20 bits per heavy atom. The molecule has 0 saturated carbocycles. The number of carboxylic acid groups (broad SMARTS) is 1. The van der Waals surface area contributed by atoms with Crippen molar-refractivity contribution >= 4 is 27.6 Å². The van der Waals surface area contributed by atoms with Gasteiger partial charge in [-0.15, -0.1) is 0 Å². The number of hydrogen-bond donors (Lipinski definition) is 3. The van der Waals surface area contributed by atoms with Crippen LogP contribution in [0.1, 0.15) is 17.3 Å². The van der Waals surface area contributed by atoms with Crippen molar-refractivity contribution in [2.75, 3.05) is 11.9 Å². The molecular formula is C10H12BrNO3. The highest BCUT2D eigenvalue weighted by Gasteiger charge is 2.07. The number of benzene rings is 1. The van der Waals surface area contributed by atoms with Crippen LogP contribution in [0, 0.1) is 0 Å². The van der Waals surface area contributed by atoms with Crippen molar-refractivity contribution in [1.82, 2.24) is 0 Å². The van der Waals surface area contributed by atoms with Crippen molar-refractivity contribution in [2.24, 2.45) is 0 Å². The SMILES string of the molecule is CC(CO)Nc1cc(Br)cc(C(=O)O)c1. The van der Waals surface area contributed by atoms with Crippen molar-refractivity contribution in [3.05, 3.63) is 28.2 Å². The third-order valence-corrected chi connectivity index (χ3v) is 2.29. The first-order valence-electron chi connectivity index (χ1n) is 4.44. The van der Waals surface area contributed by atoms with E-state index in [2.05, 4.69) is 21.2 Å². The largest absolute Gasteiger partial charge is 0.478 e. The maximum absolute atomic E-state index is 10.8. The Morgan fingerprint density at radius 3 is 2.73 bits per heavy atom. The molecule has 0 radical (unpaired) electrons. The molecule has 0 aliphatic rings. The second kappa shape index (κ2) is 5.14. The lowest BCUT2D eigenvalue weighted by molar-refractivity contribution is 0.0697. The van der Waals surface area contributed by atoms with Crippen LogP contribution in [-0.4, -0.2) is 28.8 Å². The number of hydrogen-bond acceptors (Lipinski definition) is 3. The monoisotopic (exact) mass is 273 g/mol. The van der Waals surface area contributed by atoms with E-state index in [1.54, 1.807) is 13.0 Å². The van der Waals surface area contributed by atoms with Crippen LogP contribution in [0.4, 0.5) is 5.69 Å². The lowest BCUT2D eigenvalue weighted by Gasteiger charge is -2.13. The van der Waals surface area contributed by atoms with Crippen LogP contribution in [0.25, 0.3) is 0 Å². The third kappa shape index (κ3) is 3.53. The number of halogens is 1. The Morgan fingerprint density at radius 1 is 1.53 bits per heavy atom. The van der Waals surface area contributed by atoms with Gasteiger partial charge in [-0.2, -0.15) is 0 Å². The van der Waals surface area contributed by atoms with Gasteiger partial charge in [-0.25, -0.2) is 4.79 Å². The summed E-state index contributed by atoms with van der Waals surface area (Å²) in [4.78, 5) is 10.8. The zero-order chi connectivity index (χ0) is 11.4. The first-order valence-corrected chi connectivity index (χ1v) is 5.23. The Balaban J connectivity index is 2.93. The molecular weight excluding hydrogens is 262 g/mol. The van der Waals surface area contributed by atoms with Gasteiger partial charge in [0.15, 0.2) is 0 Å². The van der Waals surface area contributed by atoms with Crippen molar-refractivity contribution < 1.29 is 15.0 Å². The summed E-state index contributed by atoms with van der Waals surface area (Å²) in [6.07, 6.45) is 0. The highest BCUT2D eigenvalue weighted by atomic mass is 79.9. The number of aliphatic hydroxyl groups is 1. The van der Waals surface area contributed by atoms with E-state index in [-0.39, 0.29) is 18.2 Å². The molecule has 0 bridgehead atoms. The van der Waals surface area contributed by atoms with E-state index in [1.807, 2.05) is 0 Å². The number of carboxylic acids is 1. The molecule has 0 aliphatic carbocycles. The predicted octanol–water partition coefficient (Wildman–Crippen LogP) is 1.94. The molecule has 0 aromatic heterocycles. The fourth-order valence-electron chi connectivity index (χ4n) is 1.13. The first kappa shape index (κ1) is 12.0. The van der Waals surface area contributed by atoms with E-state index in [9.17, 15) is 4.79 Å². The van der Waals surface area contributed by atoms with E-state index in [0.29, 0.717) is 10.2 Å². The smallest absolute Gasteiger partial charge is 0.335 e. The summed E-state index contributed by atoms with van der Waals surface area (Å²) in [5, 5.41) is 20.7. The second-order valence-electron chi connectivity index (χ2n) is 3.26. The minimum absolute atomic E-state index is 0.00504. The van der Waals surface area contributed by atoms with Gasteiger partial charge in [0.2, 0.25) is 0 Å². The Hall–Kier alpha value is -1.07. The van der Waals surface area contributed by atoms with Gasteiger partial charge < -0.3 is 15.5 Å². The second-order valence-corrected chi connectivity index (χ2v) is 4.18. The third-order valence-electron chi connectivity index (χ3n) is 1.83. The minimum Gasteiger partial charge on any atom is -0.478 e. The topological polar surface area (TPSA) is 69.6 Å². The zero-order valence-corrected chi connectivity index (χ0v) is 9.78. The average molecular weight is 274 g/mol. The summed E-state index contributed by atoms with van der Waals surface area (Å²) in [5.74, 6) is -0.976. The summed E-state index contributed by atoms with van der Waals surface area (Å²) in [6, 6.07) is 4.70. The van der Waals surface area contributed by atoms with Gasteiger partial charge >= 0.3 is 5.97 Å². The maximum atomic E-state index is 10.8. The number of nitrogens with one attached hydrogen (secondary N) is 1. The molecule has 3 N–H and O–H groups in total. The van der Waals surface area contributed by atoms with Gasteiger partial charge in [-0.1, -0.05) is 15.9 Å². The summed E-state index contributed by atoms with van der Waals surface area (Å²) in [7, 11) is 0. The summed E-state index contributed by atoms with van der Waals surface area (Å²) < 4.78 is 0.690. The van der Waals surface area contributed by atoms with Gasteiger partial charge in [0.05, 0.1) is 12.2 Å². The molecule has 82 valence electrons. The molecule has 1 rings (SSSR count). The molecule has 15 heavy (non-hydrogen) atoms. The van der Waals surface area contributed by atoms with Gasteiger partial charge in [0, 0.05) is 16.2 Å². The van der Waals surface area contributed by atoms with E-state index in [4.69, 9.17) is 10.2 Å². The molecule has 0 amide bonds. The van der Waals surface area contributed by atoms with Crippen molar-refractivity contribution in [1.29, 1.82) is 0 Å². The lowest BCUT2D eigenvalue weighted by atomic mass is 10.2. The Bertz CT molecular complexity index is 368. The highest BCUT2D eigenvalue weighted by Crippen LogP contribution is 2.20. The lowest BCUT2D eigenvalue weighted by Crippen LogP contribution is -2.19. The quantitative estimate of drug-likeness (QED) is 0.784. The molecule has 0 heterocycles. The van der Waals surface area contributed by atoms with Crippen molar-refractivity contribution in [2.45, 2.75) is 13.0 Å². The number of anilines is 1. The number of rotatable bonds is 4. The Kier molecular flexibility index (Phi) is 4.11. The molecule has 0 fully saturated rings. The number of carbonyl (C=O) groups is 1. The standard InChI is InChI=1S/C10H12BrNO3/c1-6(5-13)12-9-3-7(10(14)15)2-8(11)4-9/h2-4,6,12-13H,5H2,1H3,(H,14,15). The van der Waals surface area contributed by atoms with Crippen LogP contribution in [0.3, 0.4) is 0 Å². The maximum Gasteiger partial charge on any atom is 0.335 e.